The van der Waals surface area contributed by atoms with Crippen LogP contribution in [0.15, 0.2) is 0 Å². The quantitative estimate of drug-likeness (QED) is 0.663. The second kappa shape index (κ2) is 7.89. The van der Waals surface area contributed by atoms with Gasteiger partial charge in [0.25, 0.3) is 0 Å². The molecule has 0 radical (unpaired) electrons. The maximum atomic E-state index is 13.6. The van der Waals surface area contributed by atoms with E-state index in [1.54, 1.807) is 0 Å². The fourth-order valence-corrected chi connectivity index (χ4v) is 6.65. The molecule has 0 aromatic rings. The number of rotatable bonds is 4. The lowest BCUT2D eigenvalue weighted by Crippen LogP contribution is -2.50. The van der Waals surface area contributed by atoms with Crippen molar-refractivity contribution in [2.24, 2.45) is 16.7 Å². The first-order chi connectivity index (χ1) is 13.9. The standard InChI is InChI=1S/C22H35N3O4/c1-23-15-17-21(7-8-22(17,16-23)20(28)25-11-3-4-12-25)9-13-24(14-10-21)18(26)5-6-19(27)29-2/h17H,3-16H2,1-2H3/t17-,22+/m0/s1. The van der Waals surface area contributed by atoms with E-state index in [9.17, 15) is 14.4 Å². The predicted octanol–water partition coefficient (Wildman–Crippen LogP) is 1.51. The van der Waals surface area contributed by atoms with Crippen molar-refractivity contribution in [3.63, 3.8) is 0 Å². The molecule has 1 spiro atoms. The van der Waals surface area contributed by atoms with Crippen LogP contribution < -0.4 is 0 Å². The fourth-order valence-electron chi connectivity index (χ4n) is 6.65. The minimum atomic E-state index is -0.332. The first kappa shape index (κ1) is 20.6. The minimum absolute atomic E-state index is 0.0474. The Labute approximate surface area is 173 Å². The Morgan fingerprint density at radius 3 is 2.28 bits per heavy atom. The maximum Gasteiger partial charge on any atom is 0.306 e. The molecule has 1 saturated carbocycles. The van der Waals surface area contributed by atoms with Gasteiger partial charge in [-0.1, -0.05) is 0 Å². The largest absolute Gasteiger partial charge is 0.469 e. The molecule has 29 heavy (non-hydrogen) atoms. The molecule has 0 aromatic heterocycles. The lowest BCUT2D eigenvalue weighted by atomic mass is 9.65. The number of likely N-dealkylation sites (tertiary alicyclic amines) is 3. The summed E-state index contributed by atoms with van der Waals surface area (Å²) in [5.41, 5.74) is -0.0323. The van der Waals surface area contributed by atoms with Crippen molar-refractivity contribution in [1.29, 1.82) is 0 Å². The van der Waals surface area contributed by atoms with Crippen LogP contribution in [-0.4, -0.2) is 85.9 Å². The zero-order chi connectivity index (χ0) is 20.6. The normalized spacial score (nSPS) is 31.3. The maximum absolute atomic E-state index is 13.6. The van der Waals surface area contributed by atoms with Crippen LogP contribution in [0.1, 0.15) is 51.4 Å². The van der Waals surface area contributed by atoms with Crippen LogP contribution in [0.3, 0.4) is 0 Å². The van der Waals surface area contributed by atoms with Crippen molar-refractivity contribution in [2.45, 2.75) is 51.4 Å². The molecule has 0 aromatic carbocycles. The molecule has 162 valence electrons. The predicted molar refractivity (Wildman–Crippen MR) is 108 cm³/mol. The third kappa shape index (κ3) is 3.56. The summed E-state index contributed by atoms with van der Waals surface area (Å²) in [5.74, 6) is 0.520. The molecular formula is C22H35N3O4. The summed E-state index contributed by atoms with van der Waals surface area (Å²) in [6, 6.07) is 0. The van der Waals surface area contributed by atoms with Crippen LogP contribution in [0, 0.1) is 16.7 Å². The summed E-state index contributed by atoms with van der Waals surface area (Å²) >= 11 is 0. The third-order valence-electron chi connectivity index (χ3n) is 8.22. The molecular weight excluding hydrogens is 370 g/mol. The van der Waals surface area contributed by atoms with Gasteiger partial charge in [-0.3, -0.25) is 14.4 Å². The number of fused-ring (bicyclic) bond motifs is 2. The molecule has 3 aliphatic heterocycles. The number of hydrogen-bond acceptors (Lipinski definition) is 5. The first-order valence-corrected chi connectivity index (χ1v) is 11.2. The molecule has 4 aliphatic rings. The summed E-state index contributed by atoms with van der Waals surface area (Å²) in [6.07, 6.45) is 6.70. The van der Waals surface area contributed by atoms with E-state index >= 15 is 0 Å². The Balaban J connectivity index is 1.43. The second-order valence-electron chi connectivity index (χ2n) is 9.72. The molecule has 0 bridgehead atoms. The van der Waals surface area contributed by atoms with Gasteiger partial charge >= 0.3 is 5.97 Å². The number of carbonyl (C=O) groups excluding carboxylic acids is 3. The van der Waals surface area contributed by atoms with E-state index in [0.717, 1.165) is 77.8 Å². The van der Waals surface area contributed by atoms with Crippen LogP contribution in [0.5, 0.6) is 0 Å². The van der Waals surface area contributed by atoms with E-state index < -0.39 is 0 Å². The topological polar surface area (TPSA) is 70.2 Å². The van der Waals surface area contributed by atoms with Crippen molar-refractivity contribution >= 4 is 17.8 Å². The Morgan fingerprint density at radius 1 is 0.931 bits per heavy atom. The van der Waals surface area contributed by atoms with Crippen molar-refractivity contribution in [1.82, 2.24) is 14.7 Å². The number of nitrogens with zero attached hydrogens (tertiary/aromatic N) is 3. The monoisotopic (exact) mass is 405 g/mol. The van der Waals surface area contributed by atoms with E-state index in [1.807, 2.05) is 4.90 Å². The molecule has 2 amide bonds. The van der Waals surface area contributed by atoms with Gasteiger partial charge in [0.1, 0.15) is 0 Å². The highest BCUT2D eigenvalue weighted by atomic mass is 16.5. The molecule has 7 nitrogen and oxygen atoms in total. The Morgan fingerprint density at radius 2 is 1.62 bits per heavy atom. The summed E-state index contributed by atoms with van der Waals surface area (Å²) in [7, 11) is 3.50. The highest BCUT2D eigenvalue weighted by Crippen LogP contribution is 2.62. The Hall–Kier alpha value is -1.63. The van der Waals surface area contributed by atoms with Gasteiger partial charge in [0.2, 0.25) is 11.8 Å². The minimum Gasteiger partial charge on any atom is -0.469 e. The molecule has 0 N–H and O–H groups in total. The van der Waals surface area contributed by atoms with Crippen molar-refractivity contribution in [3.05, 3.63) is 0 Å². The van der Waals surface area contributed by atoms with E-state index in [2.05, 4.69) is 21.6 Å². The van der Waals surface area contributed by atoms with Gasteiger partial charge < -0.3 is 19.4 Å². The van der Waals surface area contributed by atoms with Crippen LogP contribution in [0.2, 0.25) is 0 Å². The van der Waals surface area contributed by atoms with Gasteiger partial charge in [0, 0.05) is 45.7 Å². The molecule has 2 atom stereocenters. The highest BCUT2D eigenvalue weighted by Gasteiger charge is 2.64. The number of hydrogen-bond donors (Lipinski definition) is 0. The fraction of sp³-hybridized carbons (Fsp3) is 0.864. The van der Waals surface area contributed by atoms with Crippen LogP contribution in [0.4, 0.5) is 0 Å². The van der Waals surface area contributed by atoms with Gasteiger partial charge in [-0.25, -0.2) is 0 Å². The zero-order valence-electron chi connectivity index (χ0n) is 18.0. The number of piperidine rings is 1. The zero-order valence-corrected chi connectivity index (χ0v) is 18.0. The van der Waals surface area contributed by atoms with Crippen LogP contribution >= 0.6 is 0 Å². The Kier molecular flexibility index (Phi) is 5.62. The number of methoxy groups -OCH3 is 1. The molecule has 4 fully saturated rings. The lowest BCUT2D eigenvalue weighted by molar-refractivity contribution is -0.145. The van der Waals surface area contributed by atoms with E-state index in [1.165, 1.54) is 7.11 Å². The second-order valence-corrected chi connectivity index (χ2v) is 9.72. The molecule has 0 unspecified atom stereocenters. The van der Waals surface area contributed by atoms with Crippen molar-refractivity contribution in [3.8, 4) is 0 Å². The average Bonchev–Trinajstić information content (AvgIpc) is 3.44. The van der Waals surface area contributed by atoms with Gasteiger partial charge in [-0.05, 0) is 56.9 Å². The molecule has 7 heteroatoms. The molecule has 3 saturated heterocycles. The Bertz CT molecular complexity index is 667. The van der Waals surface area contributed by atoms with Crippen LogP contribution in [-0.2, 0) is 19.1 Å². The van der Waals surface area contributed by atoms with Crippen LogP contribution in [0.25, 0.3) is 0 Å². The molecule has 3 heterocycles. The highest BCUT2D eigenvalue weighted by molar-refractivity contribution is 5.85. The molecule has 4 rings (SSSR count). The summed E-state index contributed by atoms with van der Waals surface area (Å²) < 4.78 is 4.65. The smallest absolute Gasteiger partial charge is 0.306 e. The first-order valence-electron chi connectivity index (χ1n) is 11.2. The van der Waals surface area contributed by atoms with E-state index in [-0.39, 0.29) is 35.5 Å². The summed E-state index contributed by atoms with van der Waals surface area (Å²) in [6.45, 7) is 5.22. The SMILES string of the molecule is COC(=O)CCC(=O)N1CCC2(CC1)CC[C@@]1(C(=O)N3CCCC3)CN(C)C[C@@H]21. The van der Waals surface area contributed by atoms with Gasteiger partial charge in [-0.2, -0.15) is 0 Å². The average molecular weight is 406 g/mol. The van der Waals surface area contributed by atoms with Crippen molar-refractivity contribution in [2.75, 3.05) is 53.4 Å². The number of esters is 1. The summed E-state index contributed by atoms with van der Waals surface area (Å²) in [4.78, 5) is 43.8. The van der Waals surface area contributed by atoms with Gasteiger partial charge in [0.15, 0.2) is 0 Å². The van der Waals surface area contributed by atoms with Gasteiger partial charge in [0.05, 0.1) is 18.9 Å². The summed E-state index contributed by atoms with van der Waals surface area (Å²) in [5, 5.41) is 0. The number of ether oxygens (including phenoxy) is 1. The number of amides is 2. The van der Waals surface area contributed by atoms with E-state index in [4.69, 9.17) is 0 Å². The van der Waals surface area contributed by atoms with Gasteiger partial charge in [-0.15, -0.1) is 0 Å². The third-order valence-corrected chi connectivity index (χ3v) is 8.22. The molecule has 1 aliphatic carbocycles. The van der Waals surface area contributed by atoms with Crippen molar-refractivity contribution < 1.29 is 19.1 Å². The van der Waals surface area contributed by atoms with E-state index in [0.29, 0.717) is 11.8 Å². The lowest BCUT2D eigenvalue weighted by Gasteiger charge is -2.45. The number of carbonyl (C=O) groups is 3.